The summed E-state index contributed by atoms with van der Waals surface area (Å²) in [5, 5.41) is 5.52. The van der Waals surface area contributed by atoms with Crippen LogP contribution >= 0.6 is 23.1 Å². The molecular weight excluding hydrogens is 455 g/mol. The SMILES string of the molecule is O=C(c1cnoc1C1CC1)c1ccc(C(F)(F)F)c(-c2cccs2)c1Sc1ccccc1. The van der Waals surface area contributed by atoms with Crippen molar-refractivity contribution in [3.63, 3.8) is 0 Å². The lowest BCUT2D eigenvalue weighted by atomic mass is 9.96. The predicted molar refractivity (Wildman–Crippen MR) is 117 cm³/mol. The number of alkyl halides is 3. The van der Waals surface area contributed by atoms with Gasteiger partial charge in [0.25, 0.3) is 0 Å². The highest BCUT2D eigenvalue weighted by Gasteiger charge is 2.38. The molecule has 4 aromatic rings. The van der Waals surface area contributed by atoms with Crippen molar-refractivity contribution in [2.24, 2.45) is 0 Å². The van der Waals surface area contributed by atoms with Crippen LogP contribution in [0, 0.1) is 0 Å². The molecule has 2 heterocycles. The summed E-state index contributed by atoms with van der Waals surface area (Å²) in [5.41, 5.74) is -0.209. The average Bonchev–Trinajstić information content (AvgIpc) is 3.25. The van der Waals surface area contributed by atoms with E-state index in [4.69, 9.17) is 4.52 Å². The highest BCUT2D eigenvalue weighted by Crippen LogP contribution is 2.48. The van der Waals surface area contributed by atoms with Gasteiger partial charge >= 0.3 is 6.18 Å². The zero-order valence-electron chi connectivity index (χ0n) is 16.6. The smallest absolute Gasteiger partial charge is 0.360 e. The van der Waals surface area contributed by atoms with Crippen molar-refractivity contribution < 1.29 is 22.5 Å². The molecule has 0 atom stereocenters. The number of rotatable bonds is 6. The number of benzene rings is 2. The van der Waals surface area contributed by atoms with Crippen LogP contribution in [0.1, 0.15) is 46.0 Å². The molecule has 0 radical (unpaired) electrons. The van der Waals surface area contributed by atoms with Gasteiger partial charge in [-0.2, -0.15) is 13.2 Å². The van der Waals surface area contributed by atoms with Crippen molar-refractivity contribution >= 4 is 28.9 Å². The predicted octanol–water partition coefficient (Wildman–Crippen LogP) is 7.68. The van der Waals surface area contributed by atoms with Crippen LogP contribution in [0.5, 0.6) is 0 Å². The van der Waals surface area contributed by atoms with E-state index < -0.39 is 11.7 Å². The number of ketones is 1. The molecule has 2 aromatic carbocycles. The first-order chi connectivity index (χ1) is 15.4. The number of carbonyl (C=O) groups excluding carboxylic acids is 1. The third kappa shape index (κ3) is 4.00. The maximum Gasteiger partial charge on any atom is 0.417 e. The van der Waals surface area contributed by atoms with Gasteiger partial charge in [0.15, 0.2) is 11.5 Å². The summed E-state index contributed by atoms with van der Waals surface area (Å²) in [6.45, 7) is 0. The summed E-state index contributed by atoms with van der Waals surface area (Å²) in [6.07, 6.45) is -1.37. The molecule has 0 spiro atoms. The number of hydrogen-bond donors (Lipinski definition) is 0. The lowest BCUT2D eigenvalue weighted by Crippen LogP contribution is -2.12. The summed E-state index contributed by atoms with van der Waals surface area (Å²) in [4.78, 5) is 15.0. The van der Waals surface area contributed by atoms with Crippen LogP contribution in [0.2, 0.25) is 0 Å². The Morgan fingerprint density at radius 3 is 2.47 bits per heavy atom. The van der Waals surface area contributed by atoms with E-state index in [1.807, 2.05) is 30.3 Å². The van der Waals surface area contributed by atoms with Crippen molar-refractivity contribution in [3.05, 3.63) is 88.6 Å². The van der Waals surface area contributed by atoms with Crippen LogP contribution in [0.3, 0.4) is 0 Å². The molecule has 1 aliphatic carbocycles. The molecule has 2 aromatic heterocycles. The van der Waals surface area contributed by atoms with E-state index in [2.05, 4.69) is 5.16 Å². The normalized spacial score (nSPS) is 14.0. The Hall–Kier alpha value is -2.84. The number of nitrogens with zero attached hydrogens (tertiary/aromatic N) is 1. The maximum atomic E-state index is 14.0. The van der Waals surface area contributed by atoms with Gasteiger partial charge in [-0.25, -0.2) is 0 Å². The quantitative estimate of drug-likeness (QED) is 0.271. The fraction of sp³-hybridized carbons (Fsp3) is 0.167. The molecule has 0 aliphatic heterocycles. The Kier molecular flexibility index (Phi) is 5.43. The lowest BCUT2D eigenvalue weighted by Gasteiger charge is -2.19. The largest absolute Gasteiger partial charge is 0.417 e. The van der Waals surface area contributed by atoms with Gasteiger partial charge in [-0.1, -0.05) is 41.2 Å². The Morgan fingerprint density at radius 2 is 1.81 bits per heavy atom. The van der Waals surface area contributed by atoms with Gasteiger partial charge in [-0.15, -0.1) is 11.3 Å². The molecule has 0 N–H and O–H groups in total. The van der Waals surface area contributed by atoms with Crippen LogP contribution < -0.4 is 0 Å². The Labute approximate surface area is 190 Å². The van der Waals surface area contributed by atoms with Gasteiger partial charge in [-0.3, -0.25) is 4.79 Å². The Balaban J connectivity index is 1.73. The van der Waals surface area contributed by atoms with E-state index in [0.29, 0.717) is 16.2 Å². The molecule has 0 saturated heterocycles. The second-order valence-electron chi connectivity index (χ2n) is 7.46. The highest BCUT2D eigenvalue weighted by molar-refractivity contribution is 7.99. The molecule has 0 unspecified atom stereocenters. The van der Waals surface area contributed by atoms with E-state index in [1.165, 1.54) is 23.6 Å². The molecule has 3 nitrogen and oxygen atoms in total. The fourth-order valence-corrected chi connectivity index (χ4v) is 5.56. The van der Waals surface area contributed by atoms with E-state index in [0.717, 1.165) is 35.6 Å². The molecule has 162 valence electrons. The highest BCUT2D eigenvalue weighted by atomic mass is 32.2. The number of thiophene rings is 1. The minimum atomic E-state index is -4.57. The summed E-state index contributed by atoms with van der Waals surface area (Å²) in [6, 6.07) is 14.7. The van der Waals surface area contributed by atoms with Gasteiger partial charge in [-0.05, 0) is 48.6 Å². The zero-order valence-corrected chi connectivity index (χ0v) is 18.2. The van der Waals surface area contributed by atoms with Gasteiger partial charge in [0, 0.05) is 31.7 Å². The standard InChI is InChI=1S/C24H16F3NO2S2/c25-24(26,27)18-11-10-16(21(29)17-13-28-30-22(17)14-8-9-14)23(20(18)19-7-4-12-31-19)32-15-5-2-1-3-6-15/h1-7,10-14H,8-9H2. The molecular formula is C24H16F3NO2S2. The summed E-state index contributed by atoms with van der Waals surface area (Å²) in [5.74, 6) is 0.286. The van der Waals surface area contributed by atoms with E-state index in [9.17, 15) is 18.0 Å². The van der Waals surface area contributed by atoms with Crippen molar-refractivity contribution in [2.45, 2.75) is 34.7 Å². The molecule has 0 bridgehead atoms. The van der Waals surface area contributed by atoms with Crippen LogP contribution in [-0.2, 0) is 6.18 Å². The van der Waals surface area contributed by atoms with E-state index in [1.54, 1.807) is 17.5 Å². The van der Waals surface area contributed by atoms with Gasteiger partial charge < -0.3 is 4.52 Å². The number of carbonyl (C=O) groups is 1. The van der Waals surface area contributed by atoms with Gasteiger partial charge in [0.05, 0.1) is 17.3 Å². The molecule has 1 aliphatic rings. The number of hydrogen-bond acceptors (Lipinski definition) is 5. The maximum absolute atomic E-state index is 14.0. The Bertz CT molecular complexity index is 1260. The van der Waals surface area contributed by atoms with Crippen molar-refractivity contribution in [1.82, 2.24) is 5.16 Å². The van der Waals surface area contributed by atoms with Crippen LogP contribution in [0.15, 0.2) is 80.5 Å². The summed E-state index contributed by atoms with van der Waals surface area (Å²) >= 11 is 2.37. The van der Waals surface area contributed by atoms with Crippen molar-refractivity contribution in [1.29, 1.82) is 0 Å². The van der Waals surface area contributed by atoms with E-state index >= 15 is 0 Å². The first kappa shape index (κ1) is 21.0. The first-order valence-corrected chi connectivity index (χ1v) is 11.6. The second-order valence-corrected chi connectivity index (χ2v) is 9.49. The van der Waals surface area contributed by atoms with Crippen molar-refractivity contribution in [3.8, 4) is 10.4 Å². The number of halogens is 3. The zero-order chi connectivity index (χ0) is 22.3. The Morgan fingerprint density at radius 1 is 1.03 bits per heavy atom. The molecule has 0 amide bonds. The first-order valence-electron chi connectivity index (χ1n) is 9.93. The van der Waals surface area contributed by atoms with Gasteiger partial charge in [0.1, 0.15) is 0 Å². The average molecular weight is 472 g/mol. The molecule has 1 fully saturated rings. The van der Waals surface area contributed by atoms with Crippen LogP contribution in [0.25, 0.3) is 10.4 Å². The van der Waals surface area contributed by atoms with Crippen molar-refractivity contribution in [2.75, 3.05) is 0 Å². The molecule has 5 rings (SSSR count). The van der Waals surface area contributed by atoms with Gasteiger partial charge in [0.2, 0.25) is 0 Å². The van der Waals surface area contributed by atoms with Crippen LogP contribution in [0.4, 0.5) is 13.2 Å². The summed E-state index contributed by atoms with van der Waals surface area (Å²) < 4.78 is 47.4. The fourth-order valence-electron chi connectivity index (χ4n) is 3.58. The molecule has 1 saturated carbocycles. The minimum absolute atomic E-state index is 0.0247. The number of aromatic nitrogens is 1. The molecule has 32 heavy (non-hydrogen) atoms. The monoisotopic (exact) mass is 471 g/mol. The lowest BCUT2D eigenvalue weighted by molar-refractivity contribution is -0.137. The molecule has 8 heteroatoms. The summed E-state index contributed by atoms with van der Waals surface area (Å²) in [7, 11) is 0. The van der Waals surface area contributed by atoms with E-state index in [-0.39, 0.29) is 27.7 Å². The second kappa shape index (κ2) is 8.26. The topological polar surface area (TPSA) is 43.1 Å². The van der Waals surface area contributed by atoms with Crippen LogP contribution in [-0.4, -0.2) is 10.9 Å². The minimum Gasteiger partial charge on any atom is -0.360 e. The third-order valence-electron chi connectivity index (χ3n) is 5.23. The third-order valence-corrected chi connectivity index (χ3v) is 7.25.